The molecule has 0 N–H and O–H groups in total. The Kier molecular flexibility index (Phi) is 2.98. The maximum atomic E-state index is 12.3. The third-order valence-corrected chi connectivity index (χ3v) is 3.21. The minimum atomic E-state index is -4.31. The highest BCUT2D eigenvalue weighted by molar-refractivity contribution is 9.10. The molecular formula is C9H4BrF3N2S. The van der Waals surface area contributed by atoms with Gasteiger partial charge in [0.05, 0.1) is 5.56 Å². The van der Waals surface area contributed by atoms with Crippen LogP contribution in [-0.4, -0.2) is 9.36 Å². The summed E-state index contributed by atoms with van der Waals surface area (Å²) in [5, 5.41) is 0.584. The first kappa shape index (κ1) is 11.5. The van der Waals surface area contributed by atoms with Gasteiger partial charge in [-0.15, -0.1) is 0 Å². The van der Waals surface area contributed by atoms with Crippen molar-refractivity contribution in [3.8, 4) is 10.6 Å². The normalized spacial score (nSPS) is 11.8. The van der Waals surface area contributed by atoms with E-state index in [9.17, 15) is 13.2 Å². The van der Waals surface area contributed by atoms with Gasteiger partial charge >= 0.3 is 6.18 Å². The minimum Gasteiger partial charge on any atom is -0.209 e. The highest BCUT2D eigenvalue weighted by Crippen LogP contribution is 2.31. The van der Waals surface area contributed by atoms with Gasteiger partial charge in [0.25, 0.3) is 0 Å². The minimum absolute atomic E-state index is 0.437. The van der Waals surface area contributed by atoms with Crippen molar-refractivity contribution < 1.29 is 13.2 Å². The highest BCUT2D eigenvalue weighted by atomic mass is 79.9. The van der Waals surface area contributed by atoms with Crippen LogP contribution in [0.15, 0.2) is 29.0 Å². The molecular weight excluding hydrogens is 305 g/mol. The first-order valence-electron chi connectivity index (χ1n) is 4.13. The van der Waals surface area contributed by atoms with Crippen molar-refractivity contribution in [1.29, 1.82) is 0 Å². The molecule has 1 heterocycles. The lowest BCUT2D eigenvalue weighted by Gasteiger charge is -2.06. The van der Waals surface area contributed by atoms with Gasteiger partial charge in [-0.1, -0.05) is 12.1 Å². The standard InChI is InChI=1S/C9H4BrF3N2S/c10-8-14-7(16-15-8)5-1-3-6(4-2-5)9(11,12)13/h1-4H. The Morgan fingerprint density at radius 1 is 1.12 bits per heavy atom. The Labute approximate surface area is 101 Å². The van der Waals surface area contributed by atoms with E-state index in [1.807, 2.05) is 0 Å². The molecule has 1 aromatic carbocycles. The highest BCUT2D eigenvalue weighted by Gasteiger charge is 2.30. The summed E-state index contributed by atoms with van der Waals surface area (Å²) >= 11 is 4.21. The molecule has 0 aliphatic carbocycles. The SMILES string of the molecule is FC(F)(F)c1ccc(-c2nc(Br)ns2)cc1. The van der Waals surface area contributed by atoms with E-state index in [1.165, 1.54) is 12.1 Å². The Hall–Kier alpha value is -0.950. The Morgan fingerprint density at radius 2 is 1.75 bits per heavy atom. The van der Waals surface area contributed by atoms with Crippen LogP contribution in [0.25, 0.3) is 10.6 Å². The van der Waals surface area contributed by atoms with Crippen LogP contribution in [0.1, 0.15) is 5.56 Å². The summed E-state index contributed by atoms with van der Waals surface area (Å²) in [6.45, 7) is 0. The number of alkyl halides is 3. The van der Waals surface area contributed by atoms with E-state index >= 15 is 0 Å². The molecule has 1 aromatic heterocycles. The van der Waals surface area contributed by atoms with E-state index in [2.05, 4.69) is 25.3 Å². The van der Waals surface area contributed by atoms with E-state index in [0.717, 1.165) is 23.7 Å². The summed E-state index contributed by atoms with van der Waals surface area (Å²) < 4.78 is 41.2. The third-order valence-electron chi connectivity index (χ3n) is 1.86. The Balaban J connectivity index is 2.33. The number of rotatable bonds is 1. The van der Waals surface area contributed by atoms with Crippen LogP contribution in [0.2, 0.25) is 0 Å². The number of hydrogen-bond donors (Lipinski definition) is 0. The van der Waals surface area contributed by atoms with Gasteiger partial charge in [0, 0.05) is 5.56 Å². The van der Waals surface area contributed by atoms with Crippen molar-refractivity contribution in [2.75, 3.05) is 0 Å². The monoisotopic (exact) mass is 308 g/mol. The molecule has 0 aliphatic heterocycles. The molecule has 16 heavy (non-hydrogen) atoms. The molecule has 2 nitrogen and oxygen atoms in total. The smallest absolute Gasteiger partial charge is 0.209 e. The maximum Gasteiger partial charge on any atom is 0.416 e. The predicted octanol–water partition coefficient (Wildman–Crippen LogP) is 3.99. The lowest BCUT2D eigenvalue weighted by molar-refractivity contribution is -0.137. The predicted molar refractivity (Wildman–Crippen MR) is 58.0 cm³/mol. The lowest BCUT2D eigenvalue weighted by Crippen LogP contribution is -2.03. The average molecular weight is 309 g/mol. The summed E-state index contributed by atoms with van der Waals surface area (Å²) in [5.74, 6) is 0. The zero-order valence-electron chi connectivity index (χ0n) is 7.62. The number of aromatic nitrogens is 2. The number of nitrogens with zero attached hydrogens (tertiary/aromatic N) is 2. The van der Waals surface area contributed by atoms with Gasteiger partial charge in [0.1, 0.15) is 5.01 Å². The van der Waals surface area contributed by atoms with E-state index in [4.69, 9.17) is 0 Å². The third kappa shape index (κ3) is 2.41. The molecule has 7 heteroatoms. The molecule has 0 amide bonds. The van der Waals surface area contributed by atoms with Crippen LogP contribution in [0.5, 0.6) is 0 Å². The summed E-state index contributed by atoms with van der Waals surface area (Å²) in [4.78, 5) is 4.02. The second-order valence-corrected chi connectivity index (χ2v) is 4.40. The van der Waals surface area contributed by atoms with Crippen molar-refractivity contribution in [2.45, 2.75) is 6.18 Å². The molecule has 0 fully saturated rings. The van der Waals surface area contributed by atoms with E-state index in [-0.39, 0.29) is 0 Å². The molecule has 0 aliphatic rings. The molecule has 0 saturated heterocycles. The molecule has 84 valence electrons. The number of hydrogen-bond acceptors (Lipinski definition) is 3. The van der Waals surface area contributed by atoms with E-state index < -0.39 is 11.7 Å². The van der Waals surface area contributed by atoms with E-state index in [1.54, 1.807) is 0 Å². The molecule has 0 atom stereocenters. The van der Waals surface area contributed by atoms with Gasteiger partial charge in [0.15, 0.2) is 0 Å². The van der Waals surface area contributed by atoms with Crippen molar-refractivity contribution in [2.24, 2.45) is 0 Å². The van der Waals surface area contributed by atoms with Crippen molar-refractivity contribution in [1.82, 2.24) is 9.36 Å². The topological polar surface area (TPSA) is 25.8 Å². The fraction of sp³-hybridized carbons (Fsp3) is 0.111. The molecule has 0 bridgehead atoms. The molecule has 0 radical (unpaired) electrons. The zero-order valence-corrected chi connectivity index (χ0v) is 10.0. The molecule has 0 saturated carbocycles. The average Bonchev–Trinajstić information content (AvgIpc) is 2.64. The fourth-order valence-electron chi connectivity index (χ4n) is 1.12. The second-order valence-electron chi connectivity index (χ2n) is 2.94. The van der Waals surface area contributed by atoms with Crippen molar-refractivity contribution >= 4 is 27.5 Å². The van der Waals surface area contributed by atoms with Crippen LogP contribution in [-0.2, 0) is 6.18 Å². The van der Waals surface area contributed by atoms with Crippen LogP contribution < -0.4 is 0 Å². The van der Waals surface area contributed by atoms with Gasteiger partial charge in [-0.2, -0.15) is 17.5 Å². The van der Waals surface area contributed by atoms with Gasteiger partial charge in [0.2, 0.25) is 4.73 Å². The first-order valence-corrected chi connectivity index (χ1v) is 5.70. The molecule has 2 aromatic rings. The van der Waals surface area contributed by atoms with Gasteiger partial charge in [-0.05, 0) is 39.6 Å². The van der Waals surface area contributed by atoms with E-state index in [0.29, 0.717) is 15.3 Å². The number of benzene rings is 1. The van der Waals surface area contributed by atoms with Crippen molar-refractivity contribution in [3.63, 3.8) is 0 Å². The summed E-state index contributed by atoms with van der Waals surface area (Å²) in [6, 6.07) is 4.83. The van der Waals surface area contributed by atoms with Crippen LogP contribution >= 0.6 is 27.5 Å². The van der Waals surface area contributed by atoms with Crippen LogP contribution in [0.3, 0.4) is 0 Å². The Bertz CT molecular complexity index is 492. The van der Waals surface area contributed by atoms with Crippen molar-refractivity contribution in [3.05, 3.63) is 34.6 Å². The largest absolute Gasteiger partial charge is 0.416 e. The second kappa shape index (κ2) is 4.14. The summed E-state index contributed by atoms with van der Waals surface area (Å²) in [6.07, 6.45) is -4.31. The summed E-state index contributed by atoms with van der Waals surface area (Å²) in [7, 11) is 0. The molecule has 0 unspecified atom stereocenters. The fourth-order valence-corrected chi connectivity index (χ4v) is 2.21. The van der Waals surface area contributed by atoms with Crippen LogP contribution in [0.4, 0.5) is 13.2 Å². The number of halogens is 4. The van der Waals surface area contributed by atoms with Gasteiger partial charge in [-0.25, -0.2) is 4.98 Å². The quantitative estimate of drug-likeness (QED) is 0.796. The zero-order chi connectivity index (χ0) is 11.8. The molecule has 2 rings (SSSR count). The van der Waals surface area contributed by atoms with Gasteiger partial charge < -0.3 is 0 Å². The lowest BCUT2D eigenvalue weighted by atomic mass is 10.1. The maximum absolute atomic E-state index is 12.3. The summed E-state index contributed by atoms with van der Waals surface area (Å²) in [5.41, 5.74) is -0.0453. The molecule has 0 spiro atoms. The first-order chi connectivity index (χ1) is 7.47. The van der Waals surface area contributed by atoms with Crippen LogP contribution in [0, 0.1) is 0 Å². The Morgan fingerprint density at radius 3 is 2.19 bits per heavy atom. The van der Waals surface area contributed by atoms with Gasteiger partial charge in [-0.3, -0.25) is 0 Å².